The lowest BCUT2D eigenvalue weighted by atomic mass is 10.0. The van der Waals surface area contributed by atoms with Gasteiger partial charge < -0.3 is 30.0 Å². The highest BCUT2D eigenvalue weighted by atomic mass is 19.4. The summed E-state index contributed by atoms with van der Waals surface area (Å²) in [6, 6.07) is 3.58. The van der Waals surface area contributed by atoms with Crippen LogP contribution in [0.5, 0.6) is 0 Å². The largest absolute Gasteiger partial charge is 0.416 e. The Hall–Kier alpha value is -3.72. The molecule has 3 aromatic rings. The second-order valence-corrected chi connectivity index (χ2v) is 10.9. The molecule has 0 spiro atoms. The molecule has 1 aliphatic rings. The number of aromatic amines is 1. The molecule has 3 amide bonds. The maximum Gasteiger partial charge on any atom is 0.416 e. The first kappa shape index (κ1) is 29.3. The fourth-order valence-electron chi connectivity index (χ4n) is 4.32. The SMILES string of the molecule is COC[C@@H](c1ccc2nc([C@H](COC(C)(C)C(F)(F)F)NC(=O)c3nonc3C)[nH]c2c1)N1CC(C)(C)NC1=O. The zero-order chi connectivity index (χ0) is 29.5. The van der Waals surface area contributed by atoms with Gasteiger partial charge in [0, 0.05) is 13.7 Å². The number of rotatable bonds is 10. The average molecular weight is 568 g/mol. The van der Waals surface area contributed by atoms with Crippen molar-refractivity contribution in [2.75, 3.05) is 26.9 Å². The van der Waals surface area contributed by atoms with Gasteiger partial charge in [-0.05, 0) is 57.5 Å². The van der Waals surface area contributed by atoms with Crippen molar-refractivity contribution < 1.29 is 36.9 Å². The van der Waals surface area contributed by atoms with Crippen LogP contribution in [0.25, 0.3) is 11.0 Å². The first-order valence-corrected chi connectivity index (χ1v) is 12.5. The number of alkyl halides is 3. The third kappa shape index (κ3) is 6.04. The molecule has 0 aliphatic carbocycles. The number of carbonyl (C=O) groups is 2. The Morgan fingerprint density at radius 2 is 1.98 bits per heavy atom. The summed E-state index contributed by atoms with van der Waals surface area (Å²) in [5, 5.41) is 12.7. The number of aromatic nitrogens is 4. The van der Waals surface area contributed by atoms with Gasteiger partial charge in [0.2, 0.25) is 0 Å². The van der Waals surface area contributed by atoms with Crippen molar-refractivity contribution in [3.63, 3.8) is 0 Å². The summed E-state index contributed by atoms with van der Waals surface area (Å²) in [5.74, 6) is -0.558. The molecule has 40 heavy (non-hydrogen) atoms. The molecule has 1 saturated heterocycles. The Balaban J connectivity index is 1.65. The third-order valence-electron chi connectivity index (χ3n) is 6.68. The second-order valence-electron chi connectivity index (χ2n) is 10.9. The predicted octanol–water partition coefficient (Wildman–Crippen LogP) is 3.57. The molecule has 3 heterocycles. The minimum atomic E-state index is -4.65. The van der Waals surface area contributed by atoms with E-state index < -0.39 is 41.9 Å². The van der Waals surface area contributed by atoms with Gasteiger partial charge in [0.05, 0.1) is 35.8 Å². The van der Waals surface area contributed by atoms with Crippen LogP contribution < -0.4 is 10.6 Å². The van der Waals surface area contributed by atoms with Crippen LogP contribution in [-0.2, 0) is 9.47 Å². The molecule has 1 fully saturated rings. The minimum absolute atomic E-state index is 0.118. The summed E-state index contributed by atoms with van der Waals surface area (Å²) in [6.45, 7) is 7.29. The number of halogens is 3. The van der Waals surface area contributed by atoms with Gasteiger partial charge in [-0.3, -0.25) is 4.79 Å². The maximum atomic E-state index is 13.5. The standard InChI is InChI=1S/C25H32F3N7O5/c1-13-19(34-40-33-13)21(36)31-17(10-39-24(4,5)25(26,27)28)20-29-15-8-7-14(9-16(15)30-20)18(11-38-6)35-12-23(2,3)32-22(35)37/h7-9,17-18H,10-12H2,1-6H3,(H,29,30)(H,31,36)(H,32,37)/t17-,18-/m0/s1. The van der Waals surface area contributed by atoms with E-state index in [2.05, 4.69) is 35.5 Å². The topological polar surface area (TPSA) is 147 Å². The monoisotopic (exact) mass is 567 g/mol. The van der Waals surface area contributed by atoms with Crippen molar-refractivity contribution in [3.05, 3.63) is 41.0 Å². The lowest BCUT2D eigenvalue weighted by Crippen LogP contribution is -2.44. The molecule has 0 radical (unpaired) electrons. The van der Waals surface area contributed by atoms with Gasteiger partial charge in [0.15, 0.2) is 11.3 Å². The minimum Gasteiger partial charge on any atom is -0.382 e. The summed E-state index contributed by atoms with van der Waals surface area (Å²) in [5.41, 5.74) is -1.01. The fraction of sp³-hybridized carbons (Fsp3) is 0.560. The molecule has 0 unspecified atom stereocenters. The molecule has 0 bridgehead atoms. The number of ether oxygens (including phenoxy) is 2. The van der Waals surface area contributed by atoms with Crippen molar-refractivity contribution in [1.82, 2.24) is 35.8 Å². The number of amides is 3. The highest BCUT2D eigenvalue weighted by Crippen LogP contribution is 2.34. The molecule has 15 heteroatoms. The molecule has 0 saturated carbocycles. The van der Waals surface area contributed by atoms with E-state index in [4.69, 9.17) is 9.47 Å². The van der Waals surface area contributed by atoms with Crippen molar-refractivity contribution in [2.24, 2.45) is 0 Å². The van der Waals surface area contributed by atoms with E-state index in [0.29, 0.717) is 17.6 Å². The fourth-order valence-corrected chi connectivity index (χ4v) is 4.32. The molecule has 4 rings (SSSR count). The lowest BCUT2D eigenvalue weighted by Gasteiger charge is -2.29. The number of carbonyl (C=O) groups excluding carboxylic acids is 2. The van der Waals surface area contributed by atoms with E-state index in [1.54, 1.807) is 30.2 Å². The molecule has 1 aliphatic heterocycles. The van der Waals surface area contributed by atoms with Gasteiger partial charge in [-0.1, -0.05) is 11.2 Å². The molecule has 2 atom stereocenters. The van der Waals surface area contributed by atoms with Gasteiger partial charge >= 0.3 is 12.2 Å². The molecular formula is C25H32F3N7O5. The molecule has 218 valence electrons. The van der Waals surface area contributed by atoms with Crippen LogP contribution in [0, 0.1) is 6.92 Å². The number of hydrogen-bond donors (Lipinski definition) is 3. The highest BCUT2D eigenvalue weighted by molar-refractivity contribution is 5.93. The zero-order valence-corrected chi connectivity index (χ0v) is 23.0. The molecule has 1 aromatic carbocycles. The van der Waals surface area contributed by atoms with Crippen LogP contribution in [0.2, 0.25) is 0 Å². The quantitative estimate of drug-likeness (QED) is 0.337. The number of hydrogen-bond acceptors (Lipinski definition) is 8. The van der Waals surface area contributed by atoms with Gasteiger partial charge in [0.1, 0.15) is 17.6 Å². The van der Waals surface area contributed by atoms with E-state index in [9.17, 15) is 22.8 Å². The van der Waals surface area contributed by atoms with Crippen molar-refractivity contribution >= 4 is 23.0 Å². The van der Waals surface area contributed by atoms with E-state index in [1.807, 2.05) is 13.8 Å². The van der Waals surface area contributed by atoms with Crippen molar-refractivity contribution in [3.8, 4) is 0 Å². The number of aryl methyl sites for hydroxylation is 1. The number of methoxy groups -OCH3 is 1. The molecule has 3 N–H and O–H groups in total. The van der Waals surface area contributed by atoms with Crippen LogP contribution in [-0.4, -0.2) is 81.3 Å². The normalized spacial score (nSPS) is 17.2. The number of nitrogens with zero attached hydrogens (tertiary/aromatic N) is 4. The average Bonchev–Trinajstić information content (AvgIpc) is 3.54. The number of benzene rings is 1. The number of urea groups is 1. The molecule has 12 nitrogen and oxygen atoms in total. The number of H-pyrrole nitrogens is 1. The van der Waals surface area contributed by atoms with Gasteiger partial charge in [0.25, 0.3) is 5.91 Å². The number of fused-ring (bicyclic) bond motifs is 1. The van der Waals surface area contributed by atoms with Crippen LogP contribution in [0.1, 0.15) is 67.3 Å². The van der Waals surface area contributed by atoms with Gasteiger partial charge in [-0.25, -0.2) is 14.4 Å². The van der Waals surface area contributed by atoms with Gasteiger partial charge in [-0.15, -0.1) is 0 Å². The smallest absolute Gasteiger partial charge is 0.382 e. The Bertz CT molecular complexity index is 1380. The van der Waals surface area contributed by atoms with E-state index >= 15 is 0 Å². The number of nitrogens with one attached hydrogen (secondary N) is 3. The molecule has 2 aromatic heterocycles. The van der Waals surface area contributed by atoms with Crippen molar-refractivity contribution in [1.29, 1.82) is 0 Å². The summed E-state index contributed by atoms with van der Waals surface area (Å²) in [4.78, 5) is 34.8. The predicted molar refractivity (Wildman–Crippen MR) is 135 cm³/mol. The first-order valence-electron chi connectivity index (χ1n) is 12.5. The Morgan fingerprint density at radius 3 is 2.55 bits per heavy atom. The van der Waals surface area contributed by atoms with E-state index in [0.717, 1.165) is 19.4 Å². The summed E-state index contributed by atoms with van der Waals surface area (Å²) >= 11 is 0. The third-order valence-corrected chi connectivity index (χ3v) is 6.68. The summed E-state index contributed by atoms with van der Waals surface area (Å²) in [6.07, 6.45) is -4.65. The highest BCUT2D eigenvalue weighted by Gasteiger charge is 2.49. The number of imidazole rings is 1. The Kier molecular flexibility index (Phi) is 7.82. The van der Waals surface area contributed by atoms with Gasteiger partial charge in [-0.2, -0.15) is 13.2 Å². The lowest BCUT2D eigenvalue weighted by molar-refractivity contribution is -0.265. The molecular weight excluding hydrogens is 535 g/mol. The zero-order valence-electron chi connectivity index (χ0n) is 23.0. The Labute approximate surface area is 227 Å². The van der Waals surface area contributed by atoms with E-state index in [-0.39, 0.29) is 29.9 Å². The van der Waals surface area contributed by atoms with Crippen LogP contribution >= 0.6 is 0 Å². The van der Waals surface area contributed by atoms with Crippen molar-refractivity contribution in [2.45, 2.75) is 64.0 Å². The Morgan fingerprint density at radius 1 is 1.25 bits per heavy atom. The van der Waals surface area contributed by atoms with Crippen LogP contribution in [0.3, 0.4) is 0 Å². The van der Waals surface area contributed by atoms with Crippen LogP contribution in [0.15, 0.2) is 22.8 Å². The first-order chi connectivity index (χ1) is 18.6. The maximum absolute atomic E-state index is 13.5. The van der Waals surface area contributed by atoms with Crippen LogP contribution in [0.4, 0.5) is 18.0 Å². The summed E-state index contributed by atoms with van der Waals surface area (Å²) < 4.78 is 55.6. The summed E-state index contributed by atoms with van der Waals surface area (Å²) in [7, 11) is 1.54. The van der Waals surface area contributed by atoms with E-state index in [1.165, 1.54) is 6.92 Å². The second kappa shape index (κ2) is 10.7.